The van der Waals surface area contributed by atoms with Crippen molar-refractivity contribution in [2.24, 2.45) is 0 Å². The maximum absolute atomic E-state index is 12.2. The maximum atomic E-state index is 12.2. The van der Waals surface area contributed by atoms with Gasteiger partial charge < -0.3 is 0 Å². The number of rotatable bonds is 3. The van der Waals surface area contributed by atoms with Crippen LogP contribution in [0.5, 0.6) is 0 Å². The van der Waals surface area contributed by atoms with Crippen molar-refractivity contribution in [2.75, 3.05) is 0 Å². The third-order valence-corrected chi connectivity index (χ3v) is 1.49. The Hall–Kier alpha value is -0.990. The normalized spacial score (nSPS) is 13.8. The maximum Gasteiger partial charge on any atom is 0.416 e. The molecule has 0 aliphatic heterocycles. The van der Waals surface area contributed by atoms with Gasteiger partial charge in [0.15, 0.2) is 0 Å². The van der Waals surface area contributed by atoms with Gasteiger partial charge >= 0.3 is 6.18 Å². The van der Waals surface area contributed by atoms with E-state index in [2.05, 4.69) is 6.58 Å². The van der Waals surface area contributed by atoms with Crippen LogP contribution in [0.4, 0.5) is 13.2 Å². The summed E-state index contributed by atoms with van der Waals surface area (Å²) in [6, 6.07) is 0. The van der Waals surface area contributed by atoms with E-state index in [-0.39, 0.29) is 0 Å². The molecule has 0 saturated carbocycles. The Kier molecular flexibility index (Phi) is 4.52. The fourth-order valence-corrected chi connectivity index (χ4v) is 0.726. The molecule has 0 aliphatic rings. The zero-order chi connectivity index (χ0) is 10.5. The summed E-state index contributed by atoms with van der Waals surface area (Å²) < 4.78 is 36.7. The smallest absolute Gasteiger partial charge is 0.166 e. The SMILES string of the molecule is C=C(/C=C(\C=C/C)C(F)(F)F)CC. The summed E-state index contributed by atoms with van der Waals surface area (Å²) in [7, 11) is 0. The van der Waals surface area contributed by atoms with E-state index >= 15 is 0 Å². The minimum atomic E-state index is -4.29. The van der Waals surface area contributed by atoms with Crippen LogP contribution in [0.2, 0.25) is 0 Å². The van der Waals surface area contributed by atoms with Gasteiger partial charge in [-0.1, -0.05) is 31.2 Å². The molecule has 0 atom stereocenters. The second-order valence-corrected chi connectivity index (χ2v) is 2.61. The predicted molar refractivity (Wildman–Crippen MR) is 48.4 cm³/mol. The van der Waals surface area contributed by atoms with Gasteiger partial charge in [0.1, 0.15) is 0 Å². The van der Waals surface area contributed by atoms with Gasteiger partial charge in [-0.25, -0.2) is 0 Å². The van der Waals surface area contributed by atoms with Gasteiger partial charge in [0.2, 0.25) is 0 Å². The summed E-state index contributed by atoms with van der Waals surface area (Å²) in [6.07, 6.45) is -0.287. The van der Waals surface area contributed by atoms with Crippen LogP contribution in [0.1, 0.15) is 20.3 Å². The van der Waals surface area contributed by atoms with Crippen molar-refractivity contribution in [2.45, 2.75) is 26.4 Å². The molecule has 74 valence electrons. The Morgan fingerprint density at radius 2 is 1.92 bits per heavy atom. The molecule has 13 heavy (non-hydrogen) atoms. The van der Waals surface area contributed by atoms with Crippen molar-refractivity contribution in [1.82, 2.24) is 0 Å². The summed E-state index contributed by atoms with van der Waals surface area (Å²) in [5, 5.41) is 0. The van der Waals surface area contributed by atoms with Crippen LogP contribution >= 0.6 is 0 Å². The molecule has 0 amide bonds. The Bertz CT molecular complexity index is 231. The third-order valence-electron chi connectivity index (χ3n) is 1.49. The summed E-state index contributed by atoms with van der Waals surface area (Å²) >= 11 is 0. The fraction of sp³-hybridized carbons (Fsp3) is 0.400. The number of allylic oxidation sites excluding steroid dienone is 5. The molecule has 0 aromatic heterocycles. The molecule has 0 heterocycles. The van der Waals surface area contributed by atoms with Crippen LogP contribution in [-0.4, -0.2) is 6.18 Å². The highest BCUT2D eigenvalue weighted by molar-refractivity contribution is 5.31. The quantitative estimate of drug-likeness (QED) is 0.589. The molecule has 0 aromatic carbocycles. The van der Waals surface area contributed by atoms with E-state index in [0.717, 1.165) is 12.2 Å². The van der Waals surface area contributed by atoms with Crippen molar-refractivity contribution in [3.05, 3.63) is 36.0 Å². The summed E-state index contributed by atoms with van der Waals surface area (Å²) in [6.45, 7) is 6.81. The van der Waals surface area contributed by atoms with E-state index in [1.165, 1.54) is 6.08 Å². The van der Waals surface area contributed by atoms with Crippen molar-refractivity contribution in [3.8, 4) is 0 Å². The molecule has 0 unspecified atom stereocenters. The van der Waals surface area contributed by atoms with Gasteiger partial charge in [0, 0.05) is 0 Å². The molecule has 0 saturated heterocycles. The molecule has 0 N–H and O–H groups in total. The van der Waals surface area contributed by atoms with Crippen LogP contribution in [0.3, 0.4) is 0 Å². The average Bonchev–Trinajstić information content (AvgIpc) is 2.01. The third kappa shape index (κ3) is 4.55. The lowest BCUT2D eigenvalue weighted by Crippen LogP contribution is -2.10. The van der Waals surface area contributed by atoms with E-state index in [4.69, 9.17) is 0 Å². The molecule has 0 radical (unpaired) electrons. The van der Waals surface area contributed by atoms with E-state index < -0.39 is 11.7 Å². The number of alkyl halides is 3. The van der Waals surface area contributed by atoms with Crippen molar-refractivity contribution >= 4 is 0 Å². The topological polar surface area (TPSA) is 0 Å². The average molecular weight is 190 g/mol. The van der Waals surface area contributed by atoms with Gasteiger partial charge in [-0.15, -0.1) is 0 Å². The molecule has 0 rings (SSSR count). The highest BCUT2D eigenvalue weighted by Crippen LogP contribution is 2.27. The van der Waals surface area contributed by atoms with Crippen LogP contribution in [-0.2, 0) is 0 Å². The Morgan fingerprint density at radius 1 is 1.38 bits per heavy atom. The molecule has 0 aliphatic carbocycles. The first kappa shape index (κ1) is 12.0. The van der Waals surface area contributed by atoms with Gasteiger partial charge in [0.05, 0.1) is 5.57 Å². The minimum Gasteiger partial charge on any atom is -0.166 e. The molecule has 0 bridgehead atoms. The lowest BCUT2D eigenvalue weighted by atomic mass is 10.1. The second kappa shape index (κ2) is 4.90. The molecular weight excluding hydrogens is 177 g/mol. The summed E-state index contributed by atoms with van der Waals surface area (Å²) in [5.41, 5.74) is -0.174. The van der Waals surface area contributed by atoms with E-state index in [9.17, 15) is 13.2 Å². The van der Waals surface area contributed by atoms with Gasteiger partial charge in [0.25, 0.3) is 0 Å². The zero-order valence-electron chi connectivity index (χ0n) is 7.78. The fourth-order valence-electron chi connectivity index (χ4n) is 0.726. The van der Waals surface area contributed by atoms with Gasteiger partial charge in [-0.05, 0) is 19.4 Å². The minimum absolute atomic E-state index is 0.477. The summed E-state index contributed by atoms with van der Waals surface area (Å²) in [5.74, 6) is 0. The molecule has 0 spiro atoms. The highest BCUT2D eigenvalue weighted by Gasteiger charge is 2.31. The molecule has 0 nitrogen and oxygen atoms in total. The second-order valence-electron chi connectivity index (χ2n) is 2.61. The number of hydrogen-bond donors (Lipinski definition) is 0. The first-order chi connectivity index (χ1) is 5.91. The van der Waals surface area contributed by atoms with E-state index in [1.807, 2.05) is 0 Å². The van der Waals surface area contributed by atoms with E-state index in [0.29, 0.717) is 12.0 Å². The first-order valence-corrected chi connectivity index (χ1v) is 4.01. The first-order valence-electron chi connectivity index (χ1n) is 4.01. The van der Waals surface area contributed by atoms with Crippen LogP contribution in [0.25, 0.3) is 0 Å². The van der Waals surface area contributed by atoms with Crippen molar-refractivity contribution in [3.63, 3.8) is 0 Å². The Labute approximate surface area is 76.5 Å². The molecular formula is C10H13F3. The Balaban J connectivity index is 4.81. The Morgan fingerprint density at radius 3 is 2.23 bits per heavy atom. The van der Waals surface area contributed by atoms with E-state index in [1.54, 1.807) is 13.8 Å². The molecule has 3 heteroatoms. The van der Waals surface area contributed by atoms with Crippen LogP contribution in [0.15, 0.2) is 36.0 Å². The highest BCUT2D eigenvalue weighted by atomic mass is 19.4. The molecule has 0 aromatic rings. The number of halogens is 3. The lowest BCUT2D eigenvalue weighted by Gasteiger charge is -2.07. The zero-order valence-corrected chi connectivity index (χ0v) is 7.78. The summed E-state index contributed by atoms with van der Waals surface area (Å²) in [4.78, 5) is 0. The number of hydrogen-bond acceptors (Lipinski definition) is 0. The van der Waals surface area contributed by atoms with Crippen molar-refractivity contribution in [1.29, 1.82) is 0 Å². The van der Waals surface area contributed by atoms with Gasteiger partial charge in [-0.3, -0.25) is 0 Å². The van der Waals surface area contributed by atoms with Crippen molar-refractivity contribution < 1.29 is 13.2 Å². The monoisotopic (exact) mass is 190 g/mol. The largest absolute Gasteiger partial charge is 0.416 e. The lowest BCUT2D eigenvalue weighted by molar-refractivity contribution is -0.0882. The van der Waals surface area contributed by atoms with Gasteiger partial charge in [-0.2, -0.15) is 13.2 Å². The van der Waals surface area contributed by atoms with Crippen LogP contribution < -0.4 is 0 Å². The van der Waals surface area contributed by atoms with Crippen LogP contribution in [0, 0.1) is 0 Å². The standard InChI is InChI=1S/C10H13F3/c1-4-6-9(10(11,12)13)7-8(3)5-2/h4,6-7H,3,5H2,1-2H3/b6-4-,9-7+. The molecule has 0 fully saturated rings. The predicted octanol–water partition coefficient (Wildman–Crippen LogP) is 4.02.